The molecule has 154 valence electrons. The van der Waals surface area contributed by atoms with Crippen molar-refractivity contribution in [3.8, 4) is 11.5 Å². The van der Waals surface area contributed by atoms with E-state index in [1.165, 1.54) is 6.21 Å². The SMILES string of the molecule is CCCOc1ccc(NC(=O)C(=O)N/N=C\c2c(OC)ccc3ccccc23)cc1. The van der Waals surface area contributed by atoms with E-state index >= 15 is 0 Å². The van der Waals surface area contributed by atoms with Crippen LogP contribution in [-0.2, 0) is 9.59 Å². The number of amides is 2. The predicted octanol–water partition coefficient (Wildman–Crippen LogP) is 3.73. The van der Waals surface area contributed by atoms with Crippen molar-refractivity contribution in [2.45, 2.75) is 13.3 Å². The van der Waals surface area contributed by atoms with Gasteiger partial charge in [0.2, 0.25) is 0 Å². The van der Waals surface area contributed by atoms with Crippen LogP contribution in [-0.4, -0.2) is 31.7 Å². The first-order valence-corrected chi connectivity index (χ1v) is 9.55. The van der Waals surface area contributed by atoms with Crippen LogP contribution >= 0.6 is 0 Å². The van der Waals surface area contributed by atoms with Crippen LogP contribution < -0.4 is 20.2 Å². The third kappa shape index (κ3) is 5.14. The van der Waals surface area contributed by atoms with Gasteiger partial charge in [-0.3, -0.25) is 9.59 Å². The average Bonchev–Trinajstić information content (AvgIpc) is 2.78. The number of methoxy groups -OCH3 is 1. The largest absolute Gasteiger partial charge is 0.496 e. The molecule has 0 bridgehead atoms. The summed E-state index contributed by atoms with van der Waals surface area (Å²) in [4.78, 5) is 24.2. The molecule has 0 spiro atoms. The molecule has 0 aromatic heterocycles. The molecule has 0 saturated carbocycles. The van der Waals surface area contributed by atoms with Crippen LogP contribution in [0.25, 0.3) is 10.8 Å². The molecular formula is C23H23N3O4. The number of nitrogens with zero attached hydrogens (tertiary/aromatic N) is 1. The van der Waals surface area contributed by atoms with E-state index in [9.17, 15) is 9.59 Å². The maximum absolute atomic E-state index is 12.1. The van der Waals surface area contributed by atoms with Gasteiger partial charge in [0, 0.05) is 11.3 Å². The lowest BCUT2D eigenvalue weighted by molar-refractivity contribution is -0.136. The molecule has 0 heterocycles. The monoisotopic (exact) mass is 405 g/mol. The van der Waals surface area contributed by atoms with Crippen molar-refractivity contribution in [2.24, 2.45) is 5.10 Å². The molecule has 0 radical (unpaired) electrons. The second kappa shape index (κ2) is 10.1. The second-order valence-electron chi connectivity index (χ2n) is 6.43. The fourth-order valence-electron chi connectivity index (χ4n) is 2.84. The summed E-state index contributed by atoms with van der Waals surface area (Å²) in [6.07, 6.45) is 2.37. The van der Waals surface area contributed by atoms with Crippen molar-refractivity contribution in [1.82, 2.24) is 5.43 Å². The Balaban J connectivity index is 1.63. The molecule has 0 aliphatic heterocycles. The van der Waals surface area contributed by atoms with Crippen molar-refractivity contribution >= 4 is 34.5 Å². The fourth-order valence-corrected chi connectivity index (χ4v) is 2.84. The van der Waals surface area contributed by atoms with Gasteiger partial charge < -0.3 is 14.8 Å². The first-order valence-electron chi connectivity index (χ1n) is 9.55. The number of fused-ring (bicyclic) bond motifs is 1. The van der Waals surface area contributed by atoms with Gasteiger partial charge in [-0.1, -0.05) is 37.3 Å². The molecule has 3 aromatic carbocycles. The molecule has 0 atom stereocenters. The number of carbonyl (C=O) groups excluding carboxylic acids is 2. The minimum Gasteiger partial charge on any atom is -0.496 e. The highest BCUT2D eigenvalue weighted by atomic mass is 16.5. The van der Waals surface area contributed by atoms with Gasteiger partial charge in [0.1, 0.15) is 11.5 Å². The van der Waals surface area contributed by atoms with E-state index in [0.717, 1.165) is 17.2 Å². The molecule has 0 saturated heterocycles. The van der Waals surface area contributed by atoms with Gasteiger partial charge in [0.05, 0.1) is 19.9 Å². The molecule has 7 nitrogen and oxygen atoms in total. The summed E-state index contributed by atoms with van der Waals surface area (Å²) >= 11 is 0. The minimum atomic E-state index is -0.878. The maximum Gasteiger partial charge on any atom is 0.329 e. The van der Waals surface area contributed by atoms with E-state index < -0.39 is 11.8 Å². The van der Waals surface area contributed by atoms with Crippen LogP contribution in [0.15, 0.2) is 65.8 Å². The van der Waals surface area contributed by atoms with Crippen LogP contribution in [0.5, 0.6) is 11.5 Å². The van der Waals surface area contributed by atoms with Crippen LogP contribution in [0.3, 0.4) is 0 Å². The van der Waals surface area contributed by atoms with E-state index in [2.05, 4.69) is 15.8 Å². The third-order valence-corrected chi connectivity index (χ3v) is 4.30. The number of nitrogens with one attached hydrogen (secondary N) is 2. The van der Waals surface area contributed by atoms with Gasteiger partial charge in [-0.05, 0) is 47.5 Å². The molecule has 3 aromatic rings. The number of anilines is 1. The van der Waals surface area contributed by atoms with Gasteiger partial charge in [0.25, 0.3) is 0 Å². The summed E-state index contributed by atoms with van der Waals surface area (Å²) in [5, 5.41) is 8.38. The Hall–Kier alpha value is -3.87. The highest BCUT2D eigenvalue weighted by Crippen LogP contribution is 2.26. The van der Waals surface area contributed by atoms with Crippen LogP contribution in [0, 0.1) is 0 Å². The number of carbonyl (C=O) groups is 2. The normalized spacial score (nSPS) is 10.7. The molecule has 3 rings (SSSR count). The second-order valence-corrected chi connectivity index (χ2v) is 6.43. The average molecular weight is 405 g/mol. The van der Waals surface area contributed by atoms with Crippen LogP contribution in [0.4, 0.5) is 5.69 Å². The van der Waals surface area contributed by atoms with Crippen molar-refractivity contribution in [2.75, 3.05) is 19.0 Å². The molecule has 0 aliphatic rings. The first-order chi connectivity index (χ1) is 14.6. The summed E-state index contributed by atoms with van der Waals surface area (Å²) in [6.45, 7) is 2.64. The highest BCUT2D eigenvalue weighted by molar-refractivity contribution is 6.39. The smallest absolute Gasteiger partial charge is 0.329 e. The summed E-state index contributed by atoms with van der Waals surface area (Å²) in [6, 6.07) is 18.3. The molecular weight excluding hydrogens is 382 g/mol. The van der Waals surface area contributed by atoms with E-state index in [-0.39, 0.29) is 0 Å². The Morgan fingerprint density at radius 2 is 1.77 bits per heavy atom. The molecule has 0 unspecified atom stereocenters. The zero-order valence-corrected chi connectivity index (χ0v) is 16.8. The van der Waals surface area contributed by atoms with Gasteiger partial charge >= 0.3 is 11.8 Å². The molecule has 30 heavy (non-hydrogen) atoms. The predicted molar refractivity (Wildman–Crippen MR) is 117 cm³/mol. The molecule has 2 N–H and O–H groups in total. The molecule has 7 heteroatoms. The minimum absolute atomic E-state index is 0.485. The van der Waals surface area contributed by atoms with Gasteiger partial charge in [-0.25, -0.2) is 5.43 Å². The number of benzene rings is 3. The molecule has 0 fully saturated rings. The van der Waals surface area contributed by atoms with Crippen molar-refractivity contribution in [1.29, 1.82) is 0 Å². The zero-order valence-electron chi connectivity index (χ0n) is 16.8. The Morgan fingerprint density at radius 1 is 1.00 bits per heavy atom. The van der Waals surface area contributed by atoms with E-state index in [1.54, 1.807) is 31.4 Å². The number of hydrazone groups is 1. The molecule has 0 aliphatic carbocycles. The summed E-state index contributed by atoms with van der Waals surface area (Å²) in [7, 11) is 1.56. The Bertz CT molecular complexity index is 1060. The number of hydrogen-bond donors (Lipinski definition) is 2. The Labute approximate surface area is 174 Å². The first kappa shape index (κ1) is 20.9. The molecule has 2 amide bonds. The number of rotatable bonds is 7. The van der Waals surface area contributed by atoms with E-state index in [1.807, 2.05) is 43.3 Å². The standard InChI is InChI=1S/C23H23N3O4/c1-3-14-30-18-11-9-17(10-12-18)25-22(27)23(28)26-24-15-20-19-7-5-4-6-16(19)8-13-21(20)29-2/h4-13,15H,3,14H2,1-2H3,(H,25,27)(H,26,28)/b24-15-. The van der Waals surface area contributed by atoms with Gasteiger partial charge in [-0.2, -0.15) is 5.10 Å². The topological polar surface area (TPSA) is 89.0 Å². The quantitative estimate of drug-likeness (QED) is 0.356. The van der Waals surface area contributed by atoms with Gasteiger partial charge in [0.15, 0.2) is 0 Å². The number of hydrogen-bond acceptors (Lipinski definition) is 5. The maximum atomic E-state index is 12.1. The third-order valence-electron chi connectivity index (χ3n) is 4.30. The van der Waals surface area contributed by atoms with E-state index in [0.29, 0.717) is 29.4 Å². The van der Waals surface area contributed by atoms with Crippen molar-refractivity contribution in [3.05, 3.63) is 66.2 Å². The van der Waals surface area contributed by atoms with E-state index in [4.69, 9.17) is 9.47 Å². The zero-order chi connectivity index (χ0) is 21.3. The fraction of sp³-hybridized carbons (Fsp3) is 0.174. The lowest BCUT2D eigenvalue weighted by Crippen LogP contribution is -2.32. The highest BCUT2D eigenvalue weighted by Gasteiger charge is 2.13. The lowest BCUT2D eigenvalue weighted by atomic mass is 10.0. The van der Waals surface area contributed by atoms with Crippen molar-refractivity contribution in [3.63, 3.8) is 0 Å². The van der Waals surface area contributed by atoms with Gasteiger partial charge in [-0.15, -0.1) is 0 Å². The summed E-state index contributed by atoms with van der Waals surface area (Å²) < 4.78 is 10.9. The lowest BCUT2D eigenvalue weighted by Gasteiger charge is -2.08. The number of ether oxygens (including phenoxy) is 2. The Morgan fingerprint density at radius 3 is 2.50 bits per heavy atom. The Kier molecular flexibility index (Phi) is 7.00. The summed E-state index contributed by atoms with van der Waals surface area (Å²) in [5.41, 5.74) is 3.44. The summed E-state index contributed by atoms with van der Waals surface area (Å²) in [5.74, 6) is -0.384. The van der Waals surface area contributed by atoms with Crippen LogP contribution in [0.2, 0.25) is 0 Å². The van der Waals surface area contributed by atoms with Crippen molar-refractivity contribution < 1.29 is 19.1 Å². The van der Waals surface area contributed by atoms with Crippen LogP contribution in [0.1, 0.15) is 18.9 Å².